The van der Waals surface area contributed by atoms with Gasteiger partial charge >= 0.3 is 0 Å². The van der Waals surface area contributed by atoms with Crippen molar-refractivity contribution in [2.75, 3.05) is 7.11 Å². The monoisotopic (exact) mass is 696 g/mol. The Bertz CT molecular complexity index is 2460. The first-order chi connectivity index (χ1) is 24.6. The first kappa shape index (κ1) is 34.8. The highest BCUT2D eigenvalue weighted by molar-refractivity contribution is 6.09. The van der Waals surface area contributed by atoms with Crippen molar-refractivity contribution in [2.45, 2.75) is 73.3 Å². The third-order valence-corrected chi connectivity index (χ3v) is 9.13. The predicted octanol–water partition coefficient (Wildman–Crippen LogP) is 11.4. The SMILES string of the molecule is COc1c(-c2cc(C)c(C(C)(C)C)c(C)c2)c(C)nn1-c1cc(F)cc(Oc2ccc3c4ccccc4n(-c4cc(OC(C)(C)C)ccn4)c3c2)c1. The average molecular weight is 697 g/mol. The van der Waals surface area contributed by atoms with E-state index in [2.05, 4.69) is 63.5 Å². The molecule has 0 atom stereocenters. The molecule has 0 spiro atoms. The van der Waals surface area contributed by atoms with Crippen LogP contribution in [0, 0.1) is 26.6 Å². The van der Waals surface area contributed by atoms with E-state index in [1.807, 2.05) is 70.2 Å². The van der Waals surface area contributed by atoms with Gasteiger partial charge in [0.1, 0.15) is 34.5 Å². The quantitative estimate of drug-likeness (QED) is 0.166. The van der Waals surface area contributed by atoms with Gasteiger partial charge in [-0.2, -0.15) is 5.10 Å². The Morgan fingerprint density at radius 1 is 0.712 bits per heavy atom. The van der Waals surface area contributed by atoms with E-state index in [-0.39, 0.29) is 11.0 Å². The van der Waals surface area contributed by atoms with Crippen LogP contribution < -0.4 is 14.2 Å². The smallest absolute Gasteiger partial charge is 0.224 e. The molecule has 0 aliphatic heterocycles. The average Bonchev–Trinajstić information content (AvgIpc) is 3.56. The molecule has 3 aromatic heterocycles. The molecule has 0 saturated heterocycles. The Hall–Kier alpha value is -5.63. The van der Waals surface area contributed by atoms with Crippen molar-refractivity contribution in [3.8, 4) is 45.8 Å². The fourth-order valence-electron chi connectivity index (χ4n) is 7.56. The predicted molar refractivity (Wildman–Crippen MR) is 207 cm³/mol. The number of methoxy groups -OCH3 is 1. The summed E-state index contributed by atoms with van der Waals surface area (Å²) in [6.07, 6.45) is 1.76. The number of rotatable bonds is 7. The lowest BCUT2D eigenvalue weighted by molar-refractivity contribution is 0.131. The third-order valence-electron chi connectivity index (χ3n) is 9.13. The second kappa shape index (κ2) is 12.9. The molecule has 52 heavy (non-hydrogen) atoms. The van der Waals surface area contributed by atoms with Crippen LogP contribution in [-0.2, 0) is 5.41 Å². The van der Waals surface area contributed by atoms with E-state index in [0.717, 1.165) is 44.4 Å². The second-order valence-corrected chi connectivity index (χ2v) is 15.5. The summed E-state index contributed by atoms with van der Waals surface area (Å²) in [6.45, 7) is 19.0. The number of pyridine rings is 1. The number of halogens is 1. The Kier molecular flexibility index (Phi) is 8.60. The molecule has 0 N–H and O–H groups in total. The van der Waals surface area contributed by atoms with Crippen molar-refractivity contribution >= 4 is 21.8 Å². The number of ether oxygens (including phenoxy) is 3. The van der Waals surface area contributed by atoms with Gasteiger partial charge in [-0.25, -0.2) is 14.1 Å². The van der Waals surface area contributed by atoms with E-state index < -0.39 is 5.82 Å². The number of benzene rings is 4. The number of fused-ring (bicyclic) bond motifs is 3. The van der Waals surface area contributed by atoms with Crippen LogP contribution in [0.3, 0.4) is 0 Å². The molecule has 4 aromatic carbocycles. The lowest BCUT2D eigenvalue weighted by atomic mass is 9.80. The Morgan fingerprint density at radius 2 is 1.42 bits per heavy atom. The van der Waals surface area contributed by atoms with Crippen LogP contribution in [0.15, 0.2) is 91.1 Å². The molecule has 0 bridgehead atoms. The summed E-state index contributed by atoms with van der Waals surface area (Å²) in [4.78, 5) is 4.73. The molecule has 0 saturated carbocycles. The molecular formula is C44H45FN4O3. The van der Waals surface area contributed by atoms with Gasteiger partial charge in [-0.15, -0.1) is 0 Å². The number of aryl methyl sites for hydroxylation is 3. The van der Waals surface area contributed by atoms with E-state index in [9.17, 15) is 0 Å². The maximum absolute atomic E-state index is 15.4. The Morgan fingerprint density at radius 3 is 2.12 bits per heavy atom. The molecule has 0 radical (unpaired) electrons. The van der Waals surface area contributed by atoms with Crippen molar-refractivity contribution in [1.29, 1.82) is 0 Å². The lowest BCUT2D eigenvalue weighted by Gasteiger charge is -2.25. The van der Waals surface area contributed by atoms with Crippen LogP contribution in [0.2, 0.25) is 0 Å². The summed E-state index contributed by atoms with van der Waals surface area (Å²) in [5, 5.41) is 6.96. The molecule has 0 fully saturated rings. The number of nitrogens with zero attached hydrogens (tertiary/aromatic N) is 4. The first-order valence-corrected chi connectivity index (χ1v) is 17.5. The van der Waals surface area contributed by atoms with Gasteiger partial charge in [0.25, 0.3) is 0 Å². The second-order valence-electron chi connectivity index (χ2n) is 15.5. The summed E-state index contributed by atoms with van der Waals surface area (Å²) in [5.74, 6) is 2.38. The molecule has 0 aliphatic carbocycles. The fraction of sp³-hybridized carbons (Fsp3) is 0.273. The fourth-order valence-corrected chi connectivity index (χ4v) is 7.56. The zero-order valence-corrected chi connectivity index (χ0v) is 31.6. The van der Waals surface area contributed by atoms with Crippen LogP contribution in [0.1, 0.15) is 63.9 Å². The van der Waals surface area contributed by atoms with Crippen molar-refractivity contribution in [2.24, 2.45) is 0 Å². The van der Waals surface area contributed by atoms with Gasteiger partial charge in [0.2, 0.25) is 5.88 Å². The molecule has 0 aliphatic rings. The zero-order chi connectivity index (χ0) is 37.1. The lowest BCUT2D eigenvalue weighted by Crippen LogP contribution is -2.23. The molecule has 7 nitrogen and oxygen atoms in total. The van der Waals surface area contributed by atoms with Crippen LogP contribution in [0.5, 0.6) is 23.1 Å². The summed E-state index contributed by atoms with van der Waals surface area (Å²) in [6, 6.07) is 26.9. The van der Waals surface area contributed by atoms with Crippen molar-refractivity contribution in [1.82, 2.24) is 19.3 Å². The van der Waals surface area contributed by atoms with Gasteiger partial charge in [0, 0.05) is 41.2 Å². The molecule has 7 aromatic rings. The van der Waals surface area contributed by atoms with Crippen molar-refractivity contribution in [3.05, 3.63) is 119 Å². The molecule has 0 unspecified atom stereocenters. The standard InChI is InChI=1S/C44H45FN4O3/c1-26-19-29(20-27(2)41(26)43(4,5)6)40-28(3)47-49(42(40)50-10)31-21-30(45)22-34(23-31)51-32-15-16-36-35-13-11-12-14-37(35)48(38(36)24-32)39-25-33(17-18-46-39)52-44(7,8)9/h11-25H,1-10H3. The van der Waals surface area contributed by atoms with Gasteiger partial charge in [-0.3, -0.25) is 4.57 Å². The van der Waals surface area contributed by atoms with Crippen molar-refractivity contribution < 1.29 is 18.6 Å². The van der Waals surface area contributed by atoms with Crippen LogP contribution >= 0.6 is 0 Å². The number of hydrogen-bond acceptors (Lipinski definition) is 5. The minimum atomic E-state index is -0.458. The van der Waals surface area contributed by atoms with Gasteiger partial charge in [0.05, 0.1) is 35.1 Å². The van der Waals surface area contributed by atoms with E-state index in [1.54, 1.807) is 24.1 Å². The van der Waals surface area contributed by atoms with Crippen LogP contribution in [0.4, 0.5) is 4.39 Å². The summed E-state index contributed by atoms with van der Waals surface area (Å²) < 4.78 is 37.7. The van der Waals surface area contributed by atoms with Gasteiger partial charge in [-0.1, -0.05) is 51.1 Å². The van der Waals surface area contributed by atoms with Crippen molar-refractivity contribution in [3.63, 3.8) is 0 Å². The topological polar surface area (TPSA) is 63.3 Å². The maximum atomic E-state index is 15.4. The minimum absolute atomic E-state index is 0.0120. The first-order valence-electron chi connectivity index (χ1n) is 17.5. The normalized spacial score (nSPS) is 12.1. The number of aromatic nitrogens is 4. The van der Waals surface area contributed by atoms with E-state index in [4.69, 9.17) is 24.3 Å². The van der Waals surface area contributed by atoms with Gasteiger partial charge < -0.3 is 14.2 Å². The molecule has 266 valence electrons. The molecule has 7 rings (SSSR count). The Balaban J connectivity index is 1.29. The summed E-state index contributed by atoms with van der Waals surface area (Å²) in [5.41, 5.74) is 8.40. The highest BCUT2D eigenvalue weighted by atomic mass is 19.1. The molecule has 0 amide bonds. The maximum Gasteiger partial charge on any atom is 0.224 e. The minimum Gasteiger partial charge on any atom is -0.488 e. The zero-order valence-electron chi connectivity index (χ0n) is 31.6. The highest BCUT2D eigenvalue weighted by Crippen LogP contribution is 2.40. The largest absolute Gasteiger partial charge is 0.488 e. The van der Waals surface area contributed by atoms with Crippen LogP contribution in [-0.4, -0.2) is 32.0 Å². The van der Waals surface area contributed by atoms with E-state index in [1.165, 1.54) is 28.8 Å². The summed E-state index contributed by atoms with van der Waals surface area (Å²) >= 11 is 0. The number of hydrogen-bond donors (Lipinski definition) is 0. The third kappa shape index (κ3) is 6.49. The van der Waals surface area contributed by atoms with Crippen LogP contribution in [0.25, 0.3) is 44.4 Å². The van der Waals surface area contributed by atoms with E-state index in [0.29, 0.717) is 28.9 Å². The molecule has 8 heteroatoms. The Labute approximate surface area is 304 Å². The molecule has 3 heterocycles. The van der Waals surface area contributed by atoms with Gasteiger partial charge in [0.15, 0.2) is 0 Å². The van der Waals surface area contributed by atoms with Gasteiger partial charge in [-0.05, 0) is 99.5 Å². The molecular weight excluding hydrogens is 652 g/mol. The summed E-state index contributed by atoms with van der Waals surface area (Å²) in [7, 11) is 1.62. The highest BCUT2D eigenvalue weighted by Gasteiger charge is 2.24. The van der Waals surface area contributed by atoms with E-state index >= 15 is 4.39 Å². The number of para-hydroxylation sites is 1.